The molecule has 0 radical (unpaired) electrons. The Labute approximate surface area is 102 Å². The summed E-state index contributed by atoms with van der Waals surface area (Å²) in [6.07, 6.45) is 3.95. The first-order valence-electron chi connectivity index (χ1n) is 5.97. The van der Waals surface area contributed by atoms with Crippen molar-refractivity contribution in [3.63, 3.8) is 0 Å². The van der Waals surface area contributed by atoms with Crippen LogP contribution in [0.15, 0.2) is 12.7 Å². The molecule has 1 saturated carbocycles. The molecule has 0 aromatic rings. The molecule has 0 saturated heterocycles. The second-order valence-electron chi connectivity index (χ2n) is 5.48. The van der Waals surface area contributed by atoms with Gasteiger partial charge in [0.15, 0.2) is 5.78 Å². The SMILES string of the molecule is C=CC(=O)C1(NC(=O)OC(C)(C)C)CCCC1. The van der Waals surface area contributed by atoms with Gasteiger partial charge in [0.2, 0.25) is 0 Å². The topological polar surface area (TPSA) is 55.4 Å². The lowest BCUT2D eigenvalue weighted by Crippen LogP contribution is -2.53. The van der Waals surface area contributed by atoms with Crippen molar-refractivity contribution >= 4 is 11.9 Å². The van der Waals surface area contributed by atoms with Crippen LogP contribution in [0.4, 0.5) is 4.79 Å². The fourth-order valence-corrected chi connectivity index (χ4v) is 2.11. The third kappa shape index (κ3) is 3.58. The summed E-state index contributed by atoms with van der Waals surface area (Å²) in [4.78, 5) is 23.6. The van der Waals surface area contributed by atoms with Crippen LogP contribution in [0.3, 0.4) is 0 Å². The van der Waals surface area contributed by atoms with Gasteiger partial charge in [-0.3, -0.25) is 4.79 Å². The molecule has 1 aliphatic carbocycles. The maximum Gasteiger partial charge on any atom is 0.408 e. The normalized spacial score (nSPS) is 18.5. The van der Waals surface area contributed by atoms with Crippen LogP contribution >= 0.6 is 0 Å². The Bertz CT molecular complexity index is 322. The van der Waals surface area contributed by atoms with Crippen molar-refractivity contribution in [2.45, 2.75) is 57.6 Å². The predicted octanol–water partition coefficient (Wildman–Crippen LogP) is 2.58. The third-order valence-corrected chi connectivity index (χ3v) is 2.85. The standard InChI is InChI=1S/C13H21NO3/c1-5-10(15)13(8-6-7-9-13)14-11(16)17-12(2,3)4/h5H,1,6-9H2,2-4H3,(H,14,16). The first-order valence-corrected chi connectivity index (χ1v) is 5.97. The molecule has 96 valence electrons. The molecule has 4 nitrogen and oxygen atoms in total. The summed E-state index contributed by atoms with van der Waals surface area (Å²) in [5.74, 6) is -0.124. The number of ketones is 1. The molecule has 0 heterocycles. The van der Waals surface area contributed by atoms with E-state index >= 15 is 0 Å². The number of ether oxygens (including phenoxy) is 1. The molecule has 1 amide bonds. The van der Waals surface area contributed by atoms with E-state index in [0.29, 0.717) is 12.8 Å². The smallest absolute Gasteiger partial charge is 0.408 e. The Morgan fingerprint density at radius 3 is 2.24 bits per heavy atom. The van der Waals surface area contributed by atoms with Gasteiger partial charge in [0.1, 0.15) is 11.1 Å². The molecule has 4 heteroatoms. The van der Waals surface area contributed by atoms with Crippen LogP contribution in [-0.4, -0.2) is 23.0 Å². The summed E-state index contributed by atoms with van der Waals surface area (Å²) in [5, 5.41) is 2.72. The number of carbonyl (C=O) groups is 2. The van der Waals surface area contributed by atoms with E-state index in [0.717, 1.165) is 12.8 Å². The van der Waals surface area contributed by atoms with E-state index in [-0.39, 0.29) is 5.78 Å². The summed E-state index contributed by atoms with van der Waals surface area (Å²) in [7, 11) is 0. The minimum Gasteiger partial charge on any atom is -0.444 e. The molecule has 0 aromatic carbocycles. The number of hydrogen-bond acceptors (Lipinski definition) is 3. The van der Waals surface area contributed by atoms with Crippen molar-refractivity contribution in [2.24, 2.45) is 0 Å². The van der Waals surface area contributed by atoms with E-state index in [9.17, 15) is 9.59 Å². The van der Waals surface area contributed by atoms with Crippen LogP contribution in [0.5, 0.6) is 0 Å². The lowest BCUT2D eigenvalue weighted by Gasteiger charge is -2.29. The highest BCUT2D eigenvalue weighted by molar-refractivity contribution is 5.99. The molecular weight excluding hydrogens is 218 g/mol. The number of amides is 1. The van der Waals surface area contributed by atoms with Crippen LogP contribution < -0.4 is 5.32 Å². The Balaban J connectivity index is 2.71. The van der Waals surface area contributed by atoms with Gasteiger partial charge in [0.05, 0.1) is 0 Å². The Hall–Kier alpha value is -1.32. The minimum atomic E-state index is -0.788. The fraction of sp³-hybridized carbons (Fsp3) is 0.692. The highest BCUT2D eigenvalue weighted by Gasteiger charge is 2.41. The van der Waals surface area contributed by atoms with Crippen LogP contribution in [0.25, 0.3) is 0 Å². The summed E-state index contributed by atoms with van der Waals surface area (Å²) in [6, 6.07) is 0. The molecule has 1 fully saturated rings. The van der Waals surface area contributed by atoms with Crippen molar-refractivity contribution in [3.05, 3.63) is 12.7 Å². The number of rotatable bonds is 3. The minimum absolute atomic E-state index is 0.124. The summed E-state index contributed by atoms with van der Waals surface area (Å²) in [6.45, 7) is 8.88. The van der Waals surface area contributed by atoms with Crippen LogP contribution in [0.1, 0.15) is 46.5 Å². The zero-order valence-corrected chi connectivity index (χ0v) is 10.8. The zero-order chi connectivity index (χ0) is 13.1. The molecule has 0 atom stereocenters. The predicted molar refractivity (Wildman–Crippen MR) is 65.8 cm³/mol. The van der Waals surface area contributed by atoms with Gasteiger partial charge in [-0.15, -0.1) is 0 Å². The van der Waals surface area contributed by atoms with E-state index in [1.54, 1.807) is 20.8 Å². The van der Waals surface area contributed by atoms with E-state index in [1.807, 2.05) is 0 Å². The summed E-state index contributed by atoms with van der Waals surface area (Å²) in [5.41, 5.74) is -1.34. The van der Waals surface area contributed by atoms with Crippen LogP contribution in [0, 0.1) is 0 Å². The van der Waals surface area contributed by atoms with E-state index < -0.39 is 17.2 Å². The summed E-state index contributed by atoms with van der Waals surface area (Å²) >= 11 is 0. The molecule has 0 spiro atoms. The first-order chi connectivity index (χ1) is 7.79. The molecule has 0 bridgehead atoms. The number of nitrogens with one attached hydrogen (secondary N) is 1. The van der Waals surface area contributed by atoms with Gasteiger partial charge in [0.25, 0.3) is 0 Å². The van der Waals surface area contributed by atoms with Gasteiger partial charge >= 0.3 is 6.09 Å². The highest BCUT2D eigenvalue weighted by Crippen LogP contribution is 2.31. The molecular formula is C13H21NO3. The monoisotopic (exact) mass is 239 g/mol. The first kappa shape index (κ1) is 13.7. The van der Waals surface area contributed by atoms with Crippen molar-refractivity contribution in [1.82, 2.24) is 5.32 Å². The molecule has 17 heavy (non-hydrogen) atoms. The number of alkyl carbamates (subject to hydrolysis) is 1. The Morgan fingerprint density at radius 2 is 1.82 bits per heavy atom. The lowest BCUT2D eigenvalue weighted by molar-refractivity contribution is -0.120. The van der Waals surface area contributed by atoms with Gasteiger partial charge in [-0.05, 0) is 39.7 Å². The van der Waals surface area contributed by atoms with Crippen molar-refractivity contribution in [1.29, 1.82) is 0 Å². The van der Waals surface area contributed by atoms with E-state index in [4.69, 9.17) is 4.74 Å². The third-order valence-electron chi connectivity index (χ3n) is 2.85. The highest BCUT2D eigenvalue weighted by atomic mass is 16.6. The quantitative estimate of drug-likeness (QED) is 0.770. The van der Waals surface area contributed by atoms with Gasteiger partial charge in [0, 0.05) is 0 Å². The molecule has 1 rings (SSSR count). The molecule has 0 aromatic heterocycles. The average molecular weight is 239 g/mol. The maximum atomic E-state index is 11.8. The lowest BCUT2D eigenvalue weighted by atomic mass is 9.92. The molecule has 1 aliphatic rings. The fourth-order valence-electron chi connectivity index (χ4n) is 2.11. The van der Waals surface area contributed by atoms with E-state index in [1.165, 1.54) is 6.08 Å². The molecule has 0 unspecified atom stereocenters. The van der Waals surface area contributed by atoms with Gasteiger partial charge in [-0.1, -0.05) is 19.4 Å². The van der Waals surface area contributed by atoms with Crippen LogP contribution in [-0.2, 0) is 9.53 Å². The molecule has 1 N–H and O–H groups in total. The Kier molecular flexibility index (Phi) is 3.96. The molecule has 0 aliphatic heterocycles. The van der Waals surface area contributed by atoms with E-state index in [2.05, 4.69) is 11.9 Å². The van der Waals surface area contributed by atoms with Crippen molar-refractivity contribution in [2.75, 3.05) is 0 Å². The Morgan fingerprint density at radius 1 is 1.29 bits per heavy atom. The average Bonchev–Trinajstić information content (AvgIpc) is 2.63. The number of carbonyl (C=O) groups excluding carboxylic acids is 2. The summed E-state index contributed by atoms with van der Waals surface area (Å²) < 4.78 is 5.18. The zero-order valence-electron chi connectivity index (χ0n) is 10.8. The van der Waals surface area contributed by atoms with Gasteiger partial charge in [-0.25, -0.2) is 4.79 Å². The largest absolute Gasteiger partial charge is 0.444 e. The maximum absolute atomic E-state index is 11.8. The second kappa shape index (κ2) is 4.90. The van der Waals surface area contributed by atoms with Gasteiger partial charge < -0.3 is 10.1 Å². The number of hydrogen-bond donors (Lipinski definition) is 1. The van der Waals surface area contributed by atoms with Crippen LogP contribution in [0.2, 0.25) is 0 Å². The van der Waals surface area contributed by atoms with Gasteiger partial charge in [-0.2, -0.15) is 0 Å². The second-order valence-corrected chi connectivity index (χ2v) is 5.48. The van der Waals surface area contributed by atoms with Crippen molar-refractivity contribution in [3.8, 4) is 0 Å². The van der Waals surface area contributed by atoms with Crippen molar-refractivity contribution < 1.29 is 14.3 Å².